The summed E-state index contributed by atoms with van der Waals surface area (Å²) in [6.45, 7) is 3.71. The minimum atomic E-state index is -0.914. The summed E-state index contributed by atoms with van der Waals surface area (Å²) in [5, 5.41) is 18.8. The van der Waals surface area contributed by atoms with Crippen molar-refractivity contribution in [3.05, 3.63) is 65.7 Å². The lowest BCUT2D eigenvalue weighted by Crippen LogP contribution is -2.30. The van der Waals surface area contributed by atoms with Crippen LogP contribution in [-0.4, -0.2) is 11.1 Å². The zero-order valence-corrected chi connectivity index (χ0v) is 13.1. The van der Waals surface area contributed by atoms with Gasteiger partial charge in [0.05, 0.1) is 5.56 Å². The third kappa shape index (κ3) is 3.89. The van der Waals surface area contributed by atoms with Gasteiger partial charge in [0.25, 0.3) is 0 Å². The van der Waals surface area contributed by atoms with Gasteiger partial charge in [-0.15, -0.1) is 0 Å². The van der Waals surface area contributed by atoms with E-state index < -0.39 is 18.0 Å². The quantitative estimate of drug-likeness (QED) is 0.874. The Labute approximate surface area is 136 Å². The molecule has 4 nitrogen and oxygen atoms in total. The molecule has 0 aromatic heterocycles. The number of ether oxygens (including phenoxy) is 1. The molecule has 23 heavy (non-hydrogen) atoms. The van der Waals surface area contributed by atoms with Crippen molar-refractivity contribution >= 4 is 5.97 Å². The molecule has 0 fully saturated rings. The topological polar surface area (TPSA) is 70.3 Å². The fraction of sp³-hybridized carbons (Fsp3) is 0.263. The standard InChI is InChI=1S/C19H19NO3/c1-13(2)17(19(21)22)18(14-8-4-3-5-9-14)23-16-11-7-6-10-15(16)12-20/h3-11,13,17-18H,1-2H3,(H,21,22). The minimum Gasteiger partial charge on any atom is -0.483 e. The summed E-state index contributed by atoms with van der Waals surface area (Å²) in [7, 11) is 0. The molecule has 0 radical (unpaired) electrons. The first-order chi connectivity index (χ1) is 11.0. The molecule has 2 atom stereocenters. The van der Waals surface area contributed by atoms with Gasteiger partial charge < -0.3 is 9.84 Å². The van der Waals surface area contributed by atoms with Crippen molar-refractivity contribution in [2.75, 3.05) is 0 Å². The van der Waals surface area contributed by atoms with E-state index in [2.05, 4.69) is 6.07 Å². The number of carboxylic acid groups (broad SMARTS) is 1. The molecule has 0 saturated carbocycles. The summed E-state index contributed by atoms with van der Waals surface area (Å²) < 4.78 is 6.00. The number of carboxylic acids is 1. The molecule has 0 spiro atoms. The molecule has 0 amide bonds. The van der Waals surface area contributed by atoms with Crippen molar-refractivity contribution in [3.63, 3.8) is 0 Å². The van der Waals surface area contributed by atoms with Gasteiger partial charge in [-0.3, -0.25) is 4.79 Å². The summed E-state index contributed by atoms with van der Waals surface area (Å²) in [6.07, 6.45) is -0.664. The molecular formula is C19H19NO3. The fourth-order valence-corrected chi connectivity index (χ4v) is 2.55. The summed E-state index contributed by atoms with van der Waals surface area (Å²) in [4.78, 5) is 11.8. The largest absolute Gasteiger partial charge is 0.483 e. The lowest BCUT2D eigenvalue weighted by atomic mass is 9.86. The van der Waals surface area contributed by atoms with Crippen LogP contribution in [0.25, 0.3) is 0 Å². The molecular weight excluding hydrogens is 290 g/mol. The molecule has 0 heterocycles. The molecule has 4 heteroatoms. The Morgan fingerprint density at radius 2 is 1.70 bits per heavy atom. The predicted octanol–water partition coefficient (Wildman–Crippen LogP) is 4.04. The van der Waals surface area contributed by atoms with Crippen LogP contribution in [0.3, 0.4) is 0 Å². The Bertz CT molecular complexity index is 704. The molecule has 0 aliphatic carbocycles. The van der Waals surface area contributed by atoms with Crippen LogP contribution < -0.4 is 4.74 Å². The molecule has 0 aliphatic heterocycles. The Morgan fingerprint density at radius 1 is 1.09 bits per heavy atom. The van der Waals surface area contributed by atoms with Gasteiger partial charge >= 0.3 is 5.97 Å². The second-order valence-corrected chi connectivity index (χ2v) is 5.67. The van der Waals surface area contributed by atoms with Gasteiger partial charge in [-0.05, 0) is 23.6 Å². The van der Waals surface area contributed by atoms with E-state index in [1.165, 1.54) is 0 Å². The number of carbonyl (C=O) groups is 1. The number of aliphatic carboxylic acids is 1. The maximum absolute atomic E-state index is 11.8. The molecule has 1 N–H and O–H groups in total. The monoisotopic (exact) mass is 309 g/mol. The minimum absolute atomic E-state index is 0.119. The number of hydrogen-bond donors (Lipinski definition) is 1. The zero-order chi connectivity index (χ0) is 16.8. The van der Waals surface area contributed by atoms with Crippen LogP contribution in [0.15, 0.2) is 54.6 Å². The van der Waals surface area contributed by atoms with Crippen LogP contribution in [0, 0.1) is 23.2 Å². The summed E-state index contributed by atoms with van der Waals surface area (Å²) >= 11 is 0. The lowest BCUT2D eigenvalue weighted by molar-refractivity contribution is -0.147. The first-order valence-electron chi connectivity index (χ1n) is 7.48. The second-order valence-electron chi connectivity index (χ2n) is 5.67. The fourth-order valence-electron chi connectivity index (χ4n) is 2.55. The molecule has 2 aromatic carbocycles. The molecule has 118 valence electrons. The molecule has 0 aliphatic rings. The maximum Gasteiger partial charge on any atom is 0.310 e. The molecule has 2 unspecified atom stereocenters. The number of para-hydroxylation sites is 1. The number of benzene rings is 2. The van der Waals surface area contributed by atoms with Gasteiger partial charge in [0, 0.05) is 0 Å². The molecule has 2 aromatic rings. The normalized spacial score (nSPS) is 13.1. The number of hydrogen-bond acceptors (Lipinski definition) is 3. The van der Waals surface area contributed by atoms with E-state index in [9.17, 15) is 15.2 Å². The van der Waals surface area contributed by atoms with Gasteiger partial charge in [-0.1, -0.05) is 56.3 Å². The van der Waals surface area contributed by atoms with Crippen LogP contribution in [0.2, 0.25) is 0 Å². The summed E-state index contributed by atoms with van der Waals surface area (Å²) in [5.41, 5.74) is 1.17. The highest BCUT2D eigenvalue weighted by atomic mass is 16.5. The van der Waals surface area contributed by atoms with Crippen molar-refractivity contribution in [2.45, 2.75) is 20.0 Å². The van der Waals surface area contributed by atoms with Crippen molar-refractivity contribution in [1.29, 1.82) is 5.26 Å². The van der Waals surface area contributed by atoms with Crippen LogP contribution in [0.4, 0.5) is 0 Å². The molecule has 0 saturated heterocycles. The van der Waals surface area contributed by atoms with E-state index in [4.69, 9.17) is 4.74 Å². The summed E-state index contributed by atoms with van der Waals surface area (Å²) in [5.74, 6) is -1.35. The first-order valence-corrected chi connectivity index (χ1v) is 7.48. The van der Waals surface area contributed by atoms with E-state index in [-0.39, 0.29) is 5.92 Å². The second kappa shape index (κ2) is 7.46. The van der Waals surface area contributed by atoms with Gasteiger partial charge in [-0.2, -0.15) is 5.26 Å². The highest BCUT2D eigenvalue weighted by molar-refractivity contribution is 5.71. The Morgan fingerprint density at radius 3 is 2.26 bits per heavy atom. The van der Waals surface area contributed by atoms with E-state index in [0.717, 1.165) is 5.56 Å². The molecule has 0 bridgehead atoms. The van der Waals surface area contributed by atoms with Crippen LogP contribution in [0.5, 0.6) is 5.75 Å². The number of nitrogens with zero attached hydrogens (tertiary/aromatic N) is 1. The van der Waals surface area contributed by atoms with Crippen molar-refractivity contribution < 1.29 is 14.6 Å². The maximum atomic E-state index is 11.8. The van der Waals surface area contributed by atoms with E-state index >= 15 is 0 Å². The van der Waals surface area contributed by atoms with Crippen molar-refractivity contribution in [3.8, 4) is 11.8 Å². The van der Waals surface area contributed by atoms with Crippen molar-refractivity contribution in [1.82, 2.24) is 0 Å². The Balaban J connectivity index is 2.46. The van der Waals surface area contributed by atoms with Crippen LogP contribution in [-0.2, 0) is 4.79 Å². The number of rotatable bonds is 6. The van der Waals surface area contributed by atoms with Gasteiger partial charge in [0.15, 0.2) is 0 Å². The van der Waals surface area contributed by atoms with E-state index in [1.807, 2.05) is 44.2 Å². The van der Waals surface area contributed by atoms with Crippen molar-refractivity contribution in [2.24, 2.45) is 11.8 Å². The third-order valence-corrected chi connectivity index (χ3v) is 3.72. The highest BCUT2D eigenvalue weighted by Gasteiger charge is 2.34. The van der Waals surface area contributed by atoms with Gasteiger partial charge in [0.2, 0.25) is 0 Å². The molecule has 2 rings (SSSR count). The van der Waals surface area contributed by atoms with Gasteiger partial charge in [-0.25, -0.2) is 0 Å². The Hall–Kier alpha value is -2.80. The summed E-state index contributed by atoms with van der Waals surface area (Å²) in [6, 6.07) is 18.2. The smallest absolute Gasteiger partial charge is 0.310 e. The Kier molecular flexibility index (Phi) is 5.37. The predicted molar refractivity (Wildman–Crippen MR) is 86.9 cm³/mol. The average molecular weight is 309 g/mol. The van der Waals surface area contributed by atoms with E-state index in [1.54, 1.807) is 24.3 Å². The lowest BCUT2D eigenvalue weighted by Gasteiger charge is -2.28. The van der Waals surface area contributed by atoms with Gasteiger partial charge in [0.1, 0.15) is 23.8 Å². The highest BCUT2D eigenvalue weighted by Crippen LogP contribution is 2.34. The number of nitriles is 1. The van der Waals surface area contributed by atoms with Crippen LogP contribution in [0.1, 0.15) is 31.1 Å². The first kappa shape index (κ1) is 16.6. The SMILES string of the molecule is CC(C)C(C(=O)O)C(Oc1ccccc1C#N)c1ccccc1. The van der Waals surface area contributed by atoms with E-state index in [0.29, 0.717) is 11.3 Å². The zero-order valence-electron chi connectivity index (χ0n) is 13.1. The third-order valence-electron chi connectivity index (χ3n) is 3.72. The average Bonchev–Trinajstić information content (AvgIpc) is 2.54. The van der Waals surface area contributed by atoms with Crippen LogP contribution >= 0.6 is 0 Å².